The van der Waals surface area contributed by atoms with Gasteiger partial charge in [0.15, 0.2) is 0 Å². The summed E-state index contributed by atoms with van der Waals surface area (Å²) in [5.74, 6) is 0.127. The van der Waals surface area contributed by atoms with Crippen LogP contribution in [0.2, 0.25) is 0 Å². The highest BCUT2D eigenvalue weighted by Crippen LogP contribution is 2.26. The van der Waals surface area contributed by atoms with E-state index in [0.717, 1.165) is 32.5 Å². The number of nitrogens with zero attached hydrogens (tertiary/aromatic N) is 1. The summed E-state index contributed by atoms with van der Waals surface area (Å²) in [7, 11) is 3.51. The molecular weight excluding hydrogens is 230 g/mol. The molecule has 5 nitrogen and oxygen atoms in total. The molecule has 0 aromatic carbocycles. The fourth-order valence-corrected chi connectivity index (χ4v) is 3.20. The highest BCUT2D eigenvalue weighted by Gasteiger charge is 2.35. The zero-order chi connectivity index (χ0) is 13.0. The lowest BCUT2D eigenvalue weighted by Gasteiger charge is -2.43. The van der Waals surface area contributed by atoms with Gasteiger partial charge in [-0.25, -0.2) is 0 Å². The van der Waals surface area contributed by atoms with Gasteiger partial charge in [-0.15, -0.1) is 0 Å². The van der Waals surface area contributed by atoms with Crippen molar-refractivity contribution in [3.63, 3.8) is 0 Å². The van der Waals surface area contributed by atoms with Crippen LogP contribution in [-0.4, -0.2) is 62.8 Å². The Morgan fingerprint density at radius 1 is 1.44 bits per heavy atom. The van der Waals surface area contributed by atoms with Crippen LogP contribution >= 0.6 is 0 Å². The number of carbonyl (C=O) groups is 1. The van der Waals surface area contributed by atoms with Crippen LogP contribution < -0.4 is 10.6 Å². The predicted molar refractivity (Wildman–Crippen MR) is 70.5 cm³/mol. The van der Waals surface area contributed by atoms with E-state index in [1.54, 1.807) is 14.2 Å². The molecule has 3 atom stereocenters. The quantitative estimate of drug-likeness (QED) is 0.743. The number of likely N-dealkylation sites (N-methyl/N-ethyl adjacent to an activating group) is 1. The van der Waals surface area contributed by atoms with Gasteiger partial charge in [0.2, 0.25) is 5.91 Å². The van der Waals surface area contributed by atoms with E-state index in [4.69, 9.17) is 4.74 Å². The van der Waals surface area contributed by atoms with E-state index in [1.807, 2.05) is 0 Å². The molecule has 3 unspecified atom stereocenters. The van der Waals surface area contributed by atoms with Gasteiger partial charge in [0.05, 0.1) is 6.10 Å². The molecule has 2 fully saturated rings. The van der Waals surface area contributed by atoms with Gasteiger partial charge < -0.3 is 15.4 Å². The number of rotatable bonds is 3. The molecule has 0 aromatic heterocycles. The second kappa shape index (κ2) is 6.50. The van der Waals surface area contributed by atoms with E-state index in [0.29, 0.717) is 12.1 Å². The van der Waals surface area contributed by atoms with Crippen LogP contribution in [0.3, 0.4) is 0 Å². The molecule has 0 bridgehead atoms. The smallest absolute Gasteiger partial charge is 0.238 e. The Bertz CT molecular complexity index is 285. The molecule has 2 rings (SSSR count). The van der Waals surface area contributed by atoms with E-state index in [9.17, 15) is 4.79 Å². The Morgan fingerprint density at radius 2 is 2.28 bits per heavy atom. The summed E-state index contributed by atoms with van der Waals surface area (Å²) in [6.45, 7) is 2.69. The van der Waals surface area contributed by atoms with Crippen molar-refractivity contribution in [2.24, 2.45) is 0 Å². The molecule has 2 aliphatic rings. The molecule has 1 aliphatic carbocycles. The molecule has 2 N–H and O–H groups in total. The minimum absolute atomic E-state index is 0.0237. The summed E-state index contributed by atoms with van der Waals surface area (Å²) < 4.78 is 5.49. The minimum Gasteiger partial charge on any atom is -0.381 e. The van der Waals surface area contributed by atoms with Gasteiger partial charge in [0, 0.05) is 39.8 Å². The van der Waals surface area contributed by atoms with Gasteiger partial charge in [0.1, 0.15) is 6.04 Å². The number of amides is 1. The highest BCUT2D eigenvalue weighted by atomic mass is 16.5. The number of ether oxygens (including phenoxy) is 1. The zero-order valence-corrected chi connectivity index (χ0v) is 11.4. The first-order chi connectivity index (χ1) is 8.76. The van der Waals surface area contributed by atoms with Crippen molar-refractivity contribution in [3.05, 3.63) is 0 Å². The first-order valence-corrected chi connectivity index (χ1v) is 6.97. The Kier molecular flexibility index (Phi) is 4.97. The topological polar surface area (TPSA) is 53.6 Å². The summed E-state index contributed by atoms with van der Waals surface area (Å²) in [6, 6.07) is 0.470. The van der Waals surface area contributed by atoms with Crippen LogP contribution in [0.5, 0.6) is 0 Å². The van der Waals surface area contributed by atoms with Crippen molar-refractivity contribution in [2.75, 3.05) is 33.8 Å². The Labute approximate surface area is 109 Å². The van der Waals surface area contributed by atoms with Crippen molar-refractivity contribution in [1.82, 2.24) is 15.5 Å². The number of carbonyl (C=O) groups excluding carboxylic acids is 1. The number of hydrogen-bond donors (Lipinski definition) is 2. The monoisotopic (exact) mass is 255 g/mol. The van der Waals surface area contributed by atoms with Crippen molar-refractivity contribution in [3.8, 4) is 0 Å². The van der Waals surface area contributed by atoms with Crippen LogP contribution in [-0.2, 0) is 9.53 Å². The lowest BCUT2D eigenvalue weighted by Crippen LogP contribution is -2.61. The molecule has 18 heavy (non-hydrogen) atoms. The summed E-state index contributed by atoms with van der Waals surface area (Å²) >= 11 is 0. The molecule has 1 saturated heterocycles. The second-order valence-corrected chi connectivity index (χ2v) is 5.25. The van der Waals surface area contributed by atoms with Crippen molar-refractivity contribution in [1.29, 1.82) is 0 Å². The molecule has 1 saturated carbocycles. The fourth-order valence-electron chi connectivity index (χ4n) is 3.20. The summed E-state index contributed by atoms with van der Waals surface area (Å²) in [5.41, 5.74) is 0. The normalized spacial score (nSPS) is 34.2. The van der Waals surface area contributed by atoms with Crippen molar-refractivity contribution < 1.29 is 9.53 Å². The average Bonchev–Trinajstić information content (AvgIpc) is 2.46. The number of hydrogen-bond acceptors (Lipinski definition) is 4. The standard InChI is InChI=1S/C13H25N3O2/c1-14-13(17)12-9-15-6-7-16(12)10-4-3-5-11(8-10)18-2/h10-12,15H,3-9H2,1-2H3,(H,14,17). The van der Waals surface area contributed by atoms with Gasteiger partial charge in [-0.05, 0) is 25.7 Å². The first-order valence-electron chi connectivity index (χ1n) is 6.97. The number of methoxy groups -OCH3 is 1. The summed E-state index contributed by atoms with van der Waals surface area (Å²) in [5, 5.41) is 6.09. The Morgan fingerprint density at radius 3 is 3.00 bits per heavy atom. The third kappa shape index (κ3) is 3.02. The molecule has 0 radical (unpaired) electrons. The summed E-state index contributed by atoms with van der Waals surface area (Å²) in [4.78, 5) is 14.3. The molecular formula is C13H25N3O2. The SMILES string of the molecule is CNC(=O)C1CNCCN1C1CCCC(OC)C1. The lowest BCUT2D eigenvalue weighted by molar-refractivity contribution is -0.128. The van der Waals surface area contributed by atoms with Crippen LogP contribution in [0.4, 0.5) is 0 Å². The largest absolute Gasteiger partial charge is 0.381 e. The Balaban J connectivity index is 2.01. The number of piperazine rings is 1. The van der Waals surface area contributed by atoms with E-state index >= 15 is 0 Å². The molecule has 5 heteroatoms. The molecule has 1 amide bonds. The highest BCUT2D eigenvalue weighted by molar-refractivity contribution is 5.81. The van der Waals surface area contributed by atoms with Crippen molar-refractivity contribution in [2.45, 2.75) is 43.9 Å². The predicted octanol–water partition coefficient (Wildman–Crippen LogP) is -0.0362. The van der Waals surface area contributed by atoms with E-state index in [-0.39, 0.29) is 11.9 Å². The summed E-state index contributed by atoms with van der Waals surface area (Å²) in [6.07, 6.45) is 4.97. The molecule has 1 heterocycles. The second-order valence-electron chi connectivity index (χ2n) is 5.25. The maximum absolute atomic E-state index is 11.9. The average molecular weight is 255 g/mol. The van der Waals surface area contributed by atoms with Gasteiger partial charge in [-0.2, -0.15) is 0 Å². The maximum Gasteiger partial charge on any atom is 0.238 e. The zero-order valence-electron chi connectivity index (χ0n) is 11.4. The van der Waals surface area contributed by atoms with E-state index < -0.39 is 0 Å². The fraction of sp³-hybridized carbons (Fsp3) is 0.923. The molecule has 104 valence electrons. The Hall–Kier alpha value is -0.650. The van der Waals surface area contributed by atoms with Crippen LogP contribution in [0, 0.1) is 0 Å². The third-order valence-corrected chi connectivity index (χ3v) is 4.23. The van der Waals surface area contributed by atoms with Gasteiger partial charge in [0.25, 0.3) is 0 Å². The van der Waals surface area contributed by atoms with Crippen LogP contribution in [0.15, 0.2) is 0 Å². The minimum atomic E-state index is -0.0237. The maximum atomic E-state index is 11.9. The molecule has 0 aromatic rings. The molecule has 1 aliphatic heterocycles. The van der Waals surface area contributed by atoms with Crippen LogP contribution in [0.25, 0.3) is 0 Å². The van der Waals surface area contributed by atoms with E-state index in [2.05, 4.69) is 15.5 Å². The van der Waals surface area contributed by atoms with Gasteiger partial charge in [-0.3, -0.25) is 9.69 Å². The number of nitrogens with one attached hydrogen (secondary N) is 2. The lowest BCUT2D eigenvalue weighted by atomic mass is 9.90. The van der Waals surface area contributed by atoms with Crippen molar-refractivity contribution >= 4 is 5.91 Å². The van der Waals surface area contributed by atoms with Gasteiger partial charge >= 0.3 is 0 Å². The first kappa shape index (κ1) is 13.8. The van der Waals surface area contributed by atoms with E-state index in [1.165, 1.54) is 12.8 Å². The van der Waals surface area contributed by atoms with Gasteiger partial charge in [-0.1, -0.05) is 0 Å². The van der Waals surface area contributed by atoms with Crippen LogP contribution in [0.1, 0.15) is 25.7 Å². The third-order valence-electron chi connectivity index (χ3n) is 4.23. The molecule has 0 spiro atoms.